The Bertz CT molecular complexity index is 1250. The van der Waals surface area contributed by atoms with E-state index in [0.29, 0.717) is 24.5 Å². The fraction of sp³-hybridized carbons (Fsp3) is 0.360. The predicted octanol–water partition coefficient (Wildman–Crippen LogP) is 1.78. The molecule has 2 fully saturated rings. The Balaban J connectivity index is 1.73. The van der Waals surface area contributed by atoms with Crippen LogP contribution in [0.4, 0.5) is 0 Å². The van der Waals surface area contributed by atoms with Crippen LogP contribution in [0.25, 0.3) is 5.76 Å². The number of carbonyl (C=O) groups is 2. The SMILES string of the molecule is COCCN1C(=O)C(=O)/C(=C(/O)c2ccc(S(=O)(=O)N3CCOCC3)cc2)[C@@H]1c1ccc(OC)cc1. The lowest BCUT2D eigenvalue weighted by molar-refractivity contribution is -0.140. The quantitative estimate of drug-likeness (QED) is 0.320. The molecule has 0 unspecified atom stereocenters. The van der Waals surface area contributed by atoms with Crippen molar-refractivity contribution in [2.45, 2.75) is 10.9 Å². The summed E-state index contributed by atoms with van der Waals surface area (Å²) in [6.45, 7) is 1.52. The van der Waals surface area contributed by atoms with Gasteiger partial charge in [-0.3, -0.25) is 9.59 Å². The summed E-state index contributed by atoms with van der Waals surface area (Å²) >= 11 is 0. The minimum atomic E-state index is -3.72. The Morgan fingerprint density at radius 1 is 1.03 bits per heavy atom. The zero-order chi connectivity index (χ0) is 25.9. The molecule has 0 spiro atoms. The van der Waals surface area contributed by atoms with Crippen molar-refractivity contribution in [3.63, 3.8) is 0 Å². The molecule has 36 heavy (non-hydrogen) atoms. The monoisotopic (exact) mass is 516 g/mol. The lowest BCUT2D eigenvalue weighted by atomic mass is 9.95. The van der Waals surface area contributed by atoms with Crippen LogP contribution >= 0.6 is 0 Å². The van der Waals surface area contributed by atoms with Gasteiger partial charge >= 0.3 is 0 Å². The number of aliphatic hydroxyl groups excluding tert-OH is 1. The van der Waals surface area contributed by atoms with Gasteiger partial charge in [0, 0.05) is 32.3 Å². The second kappa shape index (κ2) is 10.8. The van der Waals surface area contributed by atoms with Gasteiger partial charge in [-0.1, -0.05) is 12.1 Å². The standard InChI is InChI=1S/C25H28N2O8S/c1-33-14-13-27-22(17-3-7-19(34-2)8-4-17)21(24(29)25(27)30)23(28)18-5-9-20(10-6-18)36(31,32)26-11-15-35-16-12-26/h3-10,22,28H,11-16H2,1-2H3/b23-21+/t22-/m0/s1. The van der Waals surface area contributed by atoms with Crippen molar-refractivity contribution < 1.29 is 37.3 Å². The molecule has 0 saturated carbocycles. The van der Waals surface area contributed by atoms with Crippen molar-refractivity contribution in [3.8, 4) is 5.75 Å². The Morgan fingerprint density at radius 2 is 1.67 bits per heavy atom. The van der Waals surface area contributed by atoms with Crippen LogP contribution in [-0.2, 0) is 29.1 Å². The molecule has 1 amide bonds. The van der Waals surface area contributed by atoms with Crippen LogP contribution in [0, 0.1) is 0 Å². The molecule has 0 bridgehead atoms. The average Bonchev–Trinajstić information content (AvgIpc) is 3.17. The van der Waals surface area contributed by atoms with E-state index in [4.69, 9.17) is 14.2 Å². The van der Waals surface area contributed by atoms with Crippen LogP contribution in [0.1, 0.15) is 17.2 Å². The number of amides is 1. The lowest BCUT2D eigenvalue weighted by Gasteiger charge is -2.26. The molecule has 11 heteroatoms. The minimum Gasteiger partial charge on any atom is -0.507 e. The van der Waals surface area contributed by atoms with Crippen LogP contribution in [0.3, 0.4) is 0 Å². The van der Waals surface area contributed by atoms with Crippen LogP contribution in [0.15, 0.2) is 59.0 Å². The number of nitrogens with zero attached hydrogens (tertiary/aromatic N) is 2. The van der Waals surface area contributed by atoms with Gasteiger partial charge in [-0.25, -0.2) is 8.42 Å². The Morgan fingerprint density at radius 3 is 2.25 bits per heavy atom. The fourth-order valence-electron chi connectivity index (χ4n) is 4.31. The molecule has 4 rings (SSSR count). The van der Waals surface area contributed by atoms with E-state index >= 15 is 0 Å². The van der Waals surface area contributed by atoms with E-state index in [1.54, 1.807) is 24.3 Å². The molecule has 2 saturated heterocycles. The first-order valence-electron chi connectivity index (χ1n) is 11.4. The van der Waals surface area contributed by atoms with Gasteiger partial charge in [-0.15, -0.1) is 0 Å². The number of benzene rings is 2. The van der Waals surface area contributed by atoms with E-state index in [9.17, 15) is 23.1 Å². The maximum Gasteiger partial charge on any atom is 0.295 e. The van der Waals surface area contributed by atoms with Crippen molar-refractivity contribution in [2.75, 3.05) is 53.7 Å². The maximum absolute atomic E-state index is 13.0. The van der Waals surface area contributed by atoms with Gasteiger partial charge in [0.15, 0.2) is 0 Å². The smallest absolute Gasteiger partial charge is 0.295 e. The van der Waals surface area contributed by atoms with Gasteiger partial charge in [0.25, 0.3) is 11.7 Å². The number of rotatable bonds is 8. The minimum absolute atomic E-state index is 0.0631. The molecule has 2 aliphatic rings. The van der Waals surface area contributed by atoms with E-state index in [-0.39, 0.29) is 48.0 Å². The van der Waals surface area contributed by atoms with Gasteiger partial charge in [0.1, 0.15) is 11.5 Å². The van der Waals surface area contributed by atoms with E-state index in [0.717, 1.165) is 0 Å². The summed E-state index contributed by atoms with van der Waals surface area (Å²) in [7, 11) is -0.700. The van der Waals surface area contributed by atoms with Crippen molar-refractivity contribution in [1.29, 1.82) is 0 Å². The molecule has 10 nitrogen and oxygen atoms in total. The Kier molecular flexibility index (Phi) is 7.74. The fourth-order valence-corrected chi connectivity index (χ4v) is 5.72. The molecule has 2 aromatic rings. The largest absolute Gasteiger partial charge is 0.507 e. The number of morpholine rings is 1. The third kappa shape index (κ3) is 4.87. The van der Waals surface area contributed by atoms with E-state index in [1.807, 2.05) is 0 Å². The number of carbonyl (C=O) groups excluding carboxylic acids is 2. The zero-order valence-corrected chi connectivity index (χ0v) is 20.9. The third-order valence-electron chi connectivity index (χ3n) is 6.24. The van der Waals surface area contributed by atoms with Crippen LogP contribution in [0.5, 0.6) is 5.75 Å². The number of likely N-dealkylation sites (tertiary alicyclic amines) is 1. The number of hydrogen-bond donors (Lipinski definition) is 1. The number of ketones is 1. The Hall–Kier alpha value is -3.25. The van der Waals surface area contributed by atoms with Crippen LogP contribution in [0.2, 0.25) is 0 Å². The zero-order valence-electron chi connectivity index (χ0n) is 20.0. The maximum atomic E-state index is 13.0. The lowest BCUT2D eigenvalue weighted by Crippen LogP contribution is -2.40. The van der Waals surface area contributed by atoms with Crippen LogP contribution < -0.4 is 4.74 Å². The highest BCUT2D eigenvalue weighted by Crippen LogP contribution is 2.39. The molecule has 2 aliphatic heterocycles. The van der Waals surface area contributed by atoms with Gasteiger partial charge < -0.3 is 24.2 Å². The van der Waals surface area contributed by atoms with Crippen molar-refractivity contribution in [1.82, 2.24) is 9.21 Å². The summed E-state index contributed by atoms with van der Waals surface area (Å²) in [5.74, 6) is -1.36. The summed E-state index contributed by atoms with van der Waals surface area (Å²) in [5.41, 5.74) is 0.753. The summed E-state index contributed by atoms with van der Waals surface area (Å²) in [5, 5.41) is 11.2. The number of hydrogen-bond acceptors (Lipinski definition) is 8. The molecule has 1 N–H and O–H groups in total. The molecule has 0 radical (unpaired) electrons. The number of ether oxygens (including phenoxy) is 3. The van der Waals surface area contributed by atoms with Gasteiger partial charge in [-0.05, 0) is 42.0 Å². The average molecular weight is 517 g/mol. The molecule has 1 atom stereocenters. The number of Topliss-reactive ketones (excluding diaryl/α,β-unsaturated/α-hetero) is 1. The molecular weight excluding hydrogens is 488 g/mol. The highest BCUT2D eigenvalue weighted by Gasteiger charge is 2.45. The van der Waals surface area contributed by atoms with Crippen LogP contribution in [-0.4, -0.2) is 88.1 Å². The molecule has 2 heterocycles. The first-order chi connectivity index (χ1) is 17.3. The molecule has 0 aromatic heterocycles. The number of methoxy groups -OCH3 is 2. The van der Waals surface area contributed by atoms with Crippen molar-refractivity contribution >= 4 is 27.5 Å². The highest BCUT2D eigenvalue weighted by atomic mass is 32.2. The first-order valence-corrected chi connectivity index (χ1v) is 12.8. The topological polar surface area (TPSA) is 123 Å². The van der Waals surface area contributed by atoms with Crippen molar-refractivity contribution in [2.24, 2.45) is 0 Å². The normalized spacial score (nSPS) is 20.6. The van der Waals surface area contributed by atoms with Gasteiger partial charge in [0.05, 0.1) is 43.4 Å². The second-order valence-corrected chi connectivity index (χ2v) is 10.2. The molecule has 0 aliphatic carbocycles. The third-order valence-corrected chi connectivity index (χ3v) is 8.16. The summed E-state index contributed by atoms with van der Waals surface area (Å²) in [6.07, 6.45) is 0. The van der Waals surface area contributed by atoms with Gasteiger partial charge in [0.2, 0.25) is 10.0 Å². The summed E-state index contributed by atoms with van der Waals surface area (Å²) in [6, 6.07) is 11.6. The van der Waals surface area contributed by atoms with Crippen molar-refractivity contribution in [3.05, 3.63) is 65.2 Å². The first kappa shape index (κ1) is 25.8. The molecule has 192 valence electrons. The summed E-state index contributed by atoms with van der Waals surface area (Å²) in [4.78, 5) is 27.3. The summed E-state index contributed by atoms with van der Waals surface area (Å²) < 4.78 is 42.7. The van der Waals surface area contributed by atoms with Gasteiger partial charge in [-0.2, -0.15) is 4.31 Å². The van der Waals surface area contributed by atoms with E-state index in [2.05, 4.69) is 0 Å². The predicted molar refractivity (Wildman–Crippen MR) is 130 cm³/mol. The molecular formula is C25H28N2O8S. The number of sulfonamides is 1. The molecule has 2 aromatic carbocycles. The second-order valence-electron chi connectivity index (χ2n) is 8.30. The van der Waals surface area contributed by atoms with E-state index < -0.39 is 27.8 Å². The Labute approximate surface area is 209 Å². The number of aliphatic hydroxyl groups is 1. The highest BCUT2D eigenvalue weighted by molar-refractivity contribution is 7.89. The van der Waals surface area contributed by atoms with E-state index in [1.165, 1.54) is 47.7 Å².